The summed E-state index contributed by atoms with van der Waals surface area (Å²) >= 11 is 0. The van der Waals surface area contributed by atoms with Gasteiger partial charge in [-0.25, -0.2) is 0 Å². The van der Waals surface area contributed by atoms with Crippen LogP contribution < -0.4 is 9.47 Å². The van der Waals surface area contributed by atoms with Crippen molar-refractivity contribution < 1.29 is 14.3 Å². The van der Waals surface area contributed by atoms with Gasteiger partial charge >= 0.3 is 0 Å². The van der Waals surface area contributed by atoms with E-state index in [2.05, 4.69) is 26.0 Å². The number of nitrogens with zero attached hydrogens (tertiary/aromatic N) is 1. The van der Waals surface area contributed by atoms with E-state index in [1.807, 2.05) is 41.3 Å². The number of hydrogen-bond acceptors (Lipinski definition) is 3. The monoisotopic (exact) mass is 353 g/mol. The molecule has 0 saturated heterocycles. The van der Waals surface area contributed by atoms with Gasteiger partial charge in [0.15, 0.2) is 11.5 Å². The van der Waals surface area contributed by atoms with Crippen LogP contribution in [0.15, 0.2) is 48.5 Å². The average Bonchev–Trinajstić information content (AvgIpc) is 3.14. The van der Waals surface area contributed by atoms with Gasteiger partial charge in [0, 0.05) is 13.0 Å². The second kappa shape index (κ2) is 8.75. The normalized spacial score (nSPS) is 13.5. The third kappa shape index (κ3) is 4.37. The number of carbonyl (C=O) groups is 1. The zero-order valence-corrected chi connectivity index (χ0v) is 15.6. The van der Waals surface area contributed by atoms with Crippen molar-refractivity contribution in [1.29, 1.82) is 0 Å². The fraction of sp³-hybridized carbons (Fsp3) is 0.409. The van der Waals surface area contributed by atoms with Crippen LogP contribution in [0.1, 0.15) is 56.7 Å². The summed E-state index contributed by atoms with van der Waals surface area (Å²) in [5, 5.41) is 0. The van der Waals surface area contributed by atoms with Gasteiger partial charge in [0.1, 0.15) is 0 Å². The molecule has 26 heavy (non-hydrogen) atoms. The molecule has 0 aromatic heterocycles. The molecule has 138 valence electrons. The fourth-order valence-corrected chi connectivity index (χ4v) is 3.26. The smallest absolute Gasteiger partial charge is 0.231 e. The van der Waals surface area contributed by atoms with Crippen molar-refractivity contribution in [3.8, 4) is 11.5 Å². The number of hydrogen-bond donors (Lipinski definition) is 0. The minimum Gasteiger partial charge on any atom is -0.454 e. The largest absolute Gasteiger partial charge is 0.454 e. The summed E-state index contributed by atoms with van der Waals surface area (Å²) in [6, 6.07) is 16.1. The average molecular weight is 353 g/mol. The predicted octanol–water partition coefficient (Wildman–Crippen LogP) is 5.09. The van der Waals surface area contributed by atoms with Crippen molar-refractivity contribution in [2.45, 2.75) is 52.1 Å². The zero-order chi connectivity index (χ0) is 18.4. The lowest BCUT2D eigenvalue weighted by Gasteiger charge is -2.30. The topological polar surface area (TPSA) is 38.8 Å². The summed E-state index contributed by atoms with van der Waals surface area (Å²) < 4.78 is 10.9. The van der Waals surface area contributed by atoms with Crippen LogP contribution in [0.3, 0.4) is 0 Å². The first-order valence-electron chi connectivity index (χ1n) is 9.42. The van der Waals surface area contributed by atoms with Crippen LogP contribution in [-0.2, 0) is 11.3 Å². The van der Waals surface area contributed by atoms with E-state index in [0.29, 0.717) is 13.0 Å². The number of rotatable bonds is 8. The summed E-state index contributed by atoms with van der Waals surface area (Å²) in [5.41, 5.74) is 2.21. The first-order chi connectivity index (χ1) is 12.7. The summed E-state index contributed by atoms with van der Waals surface area (Å²) in [6.07, 6.45) is 3.73. The van der Waals surface area contributed by atoms with Gasteiger partial charge in [-0.1, -0.05) is 56.2 Å². The molecule has 1 unspecified atom stereocenters. The Hall–Kier alpha value is -2.49. The molecule has 0 aliphatic carbocycles. The molecular weight excluding hydrogens is 326 g/mol. The third-order valence-electron chi connectivity index (χ3n) is 4.85. The van der Waals surface area contributed by atoms with Gasteiger partial charge in [-0.15, -0.1) is 0 Å². The minimum atomic E-state index is 0.0238. The quantitative estimate of drug-likeness (QED) is 0.621. The van der Waals surface area contributed by atoms with E-state index in [9.17, 15) is 4.79 Å². The van der Waals surface area contributed by atoms with Crippen molar-refractivity contribution in [3.05, 3.63) is 59.7 Å². The Kier molecular flexibility index (Phi) is 6.16. The van der Waals surface area contributed by atoms with Crippen LogP contribution in [-0.4, -0.2) is 17.6 Å². The first kappa shape index (κ1) is 18.3. The van der Waals surface area contributed by atoms with Crippen molar-refractivity contribution in [1.82, 2.24) is 4.90 Å². The molecule has 1 amide bonds. The highest BCUT2D eigenvalue weighted by Gasteiger charge is 2.22. The molecule has 2 aromatic rings. The minimum absolute atomic E-state index is 0.0238. The molecule has 1 aliphatic heterocycles. The lowest BCUT2D eigenvalue weighted by molar-refractivity contribution is -0.134. The maximum atomic E-state index is 12.9. The molecule has 3 rings (SSSR count). The molecule has 0 bridgehead atoms. The van der Waals surface area contributed by atoms with Crippen LogP contribution in [0.2, 0.25) is 0 Å². The van der Waals surface area contributed by atoms with Gasteiger partial charge in [0.25, 0.3) is 0 Å². The number of carbonyl (C=O) groups excluding carboxylic acids is 1. The number of unbranched alkanes of at least 4 members (excludes halogenated alkanes) is 2. The highest BCUT2D eigenvalue weighted by molar-refractivity contribution is 5.76. The van der Waals surface area contributed by atoms with Crippen LogP contribution in [0.25, 0.3) is 0 Å². The second-order valence-corrected chi connectivity index (χ2v) is 6.75. The van der Waals surface area contributed by atoms with E-state index in [0.717, 1.165) is 41.9 Å². The maximum absolute atomic E-state index is 12.9. The Bertz CT molecular complexity index is 729. The lowest BCUT2D eigenvalue weighted by atomic mass is 10.0. The third-order valence-corrected chi connectivity index (χ3v) is 4.85. The second-order valence-electron chi connectivity index (χ2n) is 6.75. The summed E-state index contributed by atoms with van der Waals surface area (Å²) in [4.78, 5) is 14.9. The number of ether oxygens (including phenoxy) is 2. The van der Waals surface area contributed by atoms with Gasteiger partial charge in [0.05, 0.1) is 6.04 Å². The van der Waals surface area contributed by atoms with Crippen molar-refractivity contribution in [2.24, 2.45) is 0 Å². The molecular formula is C22H27NO3. The standard InChI is InChI=1S/C22H27NO3/c1-3-4-6-11-22(24)23(17(2)19-9-7-5-8-10-19)15-18-12-13-20-21(14-18)26-16-25-20/h5,7-10,12-14,17H,3-4,6,11,15-16H2,1-2H3. The van der Waals surface area contributed by atoms with E-state index in [1.165, 1.54) is 0 Å². The molecule has 0 N–H and O–H groups in total. The number of amides is 1. The first-order valence-corrected chi connectivity index (χ1v) is 9.42. The van der Waals surface area contributed by atoms with E-state index in [4.69, 9.17) is 9.47 Å². The van der Waals surface area contributed by atoms with Gasteiger partial charge in [0.2, 0.25) is 12.7 Å². The van der Waals surface area contributed by atoms with E-state index < -0.39 is 0 Å². The van der Waals surface area contributed by atoms with Gasteiger partial charge < -0.3 is 14.4 Å². The van der Waals surface area contributed by atoms with Crippen LogP contribution in [0, 0.1) is 0 Å². The van der Waals surface area contributed by atoms with Crippen molar-refractivity contribution in [3.63, 3.8) is 0 Å². The van der Waals surface area contributed by atoms with Crippen LogP contribution >= 0.6 is 0 Å². The van der Waals surface area contributed by atoms with Gasteiger partial charge in [-0.05, 0) is 36.6 Å². The summed E-state index contributed by atoms with van der Waals surface area (Å²) in [6.45, 7) is 5.08. The number of benzene rings is 2. The molecule has 1 atom stereocenters. The molecule has 0 saturated carbocycles. The molecule has 0 radical (unpaired) electrons. The highest BCUT2D eigenvalue weighted by atomic mass is 16.7. The summed E-state index contributed by atoms with van der Waals surface area (Å²) in [5.74, 6) is 1.73. The molecule has 4 heteroatoms. The Morgan fingerprint density at radius 2 is 1.85 bits per heavy atom. The summed E-state index contributed by atoms with van der Waals surface area (Å²) in [7, 11) is 0. The molecule has 4 nitrogen and oxygen atoms in total. The van der Waals surface area contributed by atoms with E-state index >= 15 is 0 Å². The maximum Gasteiger partial charge on any atom is 0.231 e. The van der Waals surface area contributed by atoms with Gasteiger partial charge in [-0.3, -0.25) is 4.79 Å². The molecule has 0 fully saturated rings. The van der Waals surface area contributed by atoms with Crippen LogP contribution in [0.4, 0.5) is 0 Å². The van der Waals surface area contributed by atoms with E-state index in [-0.39, 0.29) is 18.7 Å². The molecule has 1 aliphatic rings. The lowest BCUT2D eigenvalue weighted by Crippen LogP contribution is -2.33. The number of fused-ring (bicyclic) bond motifs is 1. The van der Waals surface area contributed by atoms with Gasteiger partial charge in [-0.2, -0.15) is 0 Å². The molecule has 2 aromatic carbocycles. The van der Waals surface area contributed by atoms with Crippen LogP contribution in [0.5, 0.6) is 11.5 Å². The van der Waals surface area contributed by atoms with Crippen molar-refractivity contribution in [2.75, 3.05) is 6.79 Å². The molecule has 0 spiro atoms. The highest BCUT2D eigenvalue weighted by Crippen LogP contribution is 2.33. The predicted molar refractivity (Wildman–Crippen MR) is 102 cm³/mol. The Balaban J connectivity index is 1.79. The van der Waals surface area contributed by atoms with E-state index in [1.54, 1.807) is 0 Å². The SMILES string of the molecule is CCCCCC(=O)N(Cc1ccc2c(c1)OCO2)C(C)c1ccccc1. The Morgan fingerprint density at radius 3 is 2.62 bits per heavy atom. The fourth-order valence-electron chi connectivity index (χ4n) is 3.26. The Morgan fingerprint density at radius 1 is 1.08 bits per heavy atom. The molecule has 1 heterocycles. The zero-order valence-electron chi connectivity index (χ0n) is 15.6. The Labute approximate surface area is 155 Å². The van der Waals surface area contributed by atoms with Crippen molar-refractivity contribution >= 4 is 5.91 Å².